The van der Waals surface area contributed by atoms with Gasteiger partial charge in [0.15, 0.2) is 23.3 Å². The highest BCUT2D eigenvalue weighted by Crippen LogP contribution is 2.30. The number of nitrogens with one attached hydrogen (secondary N) is 2. The highest BCUT2D eigenvalue weighted by Gasteiger charge is 2.33. The molecule has 0 fully saturated rings. The van der Waals surface area contributed by atoms with Gasteiger partial charge in [-0.1, -0.05) is 0 Å². The van der Waals surface area contributed by atoms with E-state index in [-0.39, 0.29) is 49.3 Å². The Morgan fingerprint density at radius 2 is 1.97 bits per heavy atom. The Balaban J connectivity index is 0.00000420. The summed E-state index contributed by atoms with van der Waals surface area (Å²) in [5, 5.41) is 7.31. The summed E-state index contributed by atoms with van der Waals surface area (Å²) in [4.78, 5) is 7.82. The molecule has 29 heavy (non-hydrogen) atoms. The fourth-order valence-corrected chi connectivity index (χ4v) is 2.86. The van der Waals surface area contributed by atoms with Gasteiger partial charge in [-0.05, 0) is 19.1 Å². The molecule has 0 aliphatic heterocycles. The van der Waals surface area contributed by atoms with E-state index in [2.05, 4.69) is 20.6 Å². The summed E-state index contributed by atoms with van der Waals surface area (Å²) in [6, 6.07) is 3.26. The number of halogens is 6. The predicted octanol–water partition coefficient (Wildman–Crippen LogP) is 4.23. The van der Waals surface area contributed by atoms with E-state index in [4.69, 9.17) is 4.74 Å². The Hall–Kier alpha value is -1.70. The fraction of sp³-hybridized carbons (Fsp3) is 0.412. The lowest BCUT2D eigenvalue weighted by Crippen LogP contribution is -2.39. The number of guanidine groups is 1. The zero-order valence-corrected chi connectivity index (χ0v) is 18.5. The van der Waals surface area contributed by atoms with Gasteiger partial charge < -0.3 is 15.4 Å². The van der Waals surface area contributed by atoms with Gasteiger partial charge in [0, 0.05) is 31.0 Å². The van der Waals surface area contributed by atoms with Crippen LogP contribution in [0.5, 0.6) is 5.75 Å². The average molecular weight is 550 g/mol. The number of ether oxygens (including phenoxy) is 1. The van der Waals surface area contributed by atoms with Crippen LogP contribution in [-0.2, 0) is 12.6 Å². The van der Waals surface area contributed by atoms with Gasteiger partial charge in [-0.25, -0.2) is 13.8 Å². The molecule has 0 amide bonds. The molecule has 12 heteroatoms. The minimum absolute atomic E-state index is 0. The van der Waals surface area contributed by atoms with E-state index in [1.165, 1.54) is 6.07 Å². The maximum absolute atomic E-state index is 13.1. The van der Waals surface area contributed by atoms with Gasteiger partial charge in [0.25, 0.3) is 0 Å². The summed E-state index contributed by atoms with van der Waals surface area (Å²) < 4.78 is 68.9. The number of thiazole rings is 1. The van der Waals surface area contributed by atoms with Crippen LogP contribution in [0.1, 0.15) is 17.6 Å². The Bertz CT molecular complexity index is 800. The van der Waals surface area contributed by atoms with Crippen molar-refractivity contribution >= 4 is 41.3 Å². The molecule has 0 saturated carbocycles. The standard InChI is InChI=1S/C17H19F5N4OS.HI/c1-2-23-16(24-6-5-15-26-14(10-28-15)17(20,21)22)25-7-8-27-11-3-4-12(18)13(19)9-11;/h3-4,9-10H,2,5-8H2,1H3,(H2,23,24,25);1H. The molecule has 1 heterocycles. The number of hydrogen-bond donors (Lipinski definition) is 2. The first-order chi connectivity index (χ1) is 13.3. The Kier molecular flexibility index (Phi) is 10.6. The van der Waals surface area contributed by atoms with Crippen LogP contribution < -0.4 is 15.4 Å². The molecular formula is C17H20F5IN4OS. The first-order valence-electron chi connectivity index (χ1n) is 8.41. The zero-order valence-electron chi connectivity index (χ0n) is 15.4. The van der Waals surface area contributed by atoms with Gasteiger partial charge in [-0.2, -0.15) is 13.2 Å². The van der Waals surface area contributed by atoms with Gasteiger partial charge in [0.1, 0.15) is 12.4 Å². The number of aromatic nitrogens is 1. The van der Waals surface area contributed by atoms with Crippen molar-refractivity contribution in [3.8, 4) is 5.75 Å². The van der Waals surface area contributed by atoms with Gasteiger partial charge in [0.2, 0.25) is 0 Å². The minimum atomic E-state index is -4.44. The molecule has 162 valence electrons. The number of hydrogen-bond acceptors (Lipinski definition) is 4. The summed E-state index contributed by atoms with van der Waals surface area (Å²) in [6.45, 7) is 3.22. The van der Waals surface area contributed by atoms with E-state index in [0.29, 0.717) is 24.1 Å². The second-order valence-electron chi connectivity index (χ2n) is 5.49. The number of nitrogens with zero attached hydrogens (tertiary/aromatic N) is 2. The second kappa shape index (κ2) is 12.1. The van der Waals surface area contributed by atoms with Crippen molar-refractivity contribution in [2.24, 2.45) is 4.99 Å². The van der Waals surface area contributed by atoms with Crippen LogP contribution in [0.15, 0.2) is 28.6 Å². The highest BCUT2D eigenvalue weighted by molar-refractivity contribution is 14.0. The van der Waals surface area contributed by atoms with E-state index in [0.717, 1.165) is 28.8 Å². The molecule has 0 aliphatic rings. The van der Waals surface area contributed by atoms with Crippen molar-refractivity contribution in [3.05, 3.63) is 45.9 Å². The van der Waals surface area contributed by atoms with Crippen LogP contribution in [0.2, 0.25) is 0 Å². The summed E-state index contributed by atoms with van der Waals surface area (Å²) in [5.74, 6) is -1.28. The van der Waals surface area contributed by atoms with E-state index in [1.54, 1.807) is 0 Å². The highest BCUT2D eigenvalue weighted by atomic mass is 127. The molecule has 2 rings (SSSR count). The quantitative estimate of drug-likeness (QED) is 0.170. The second-order valence-corrected chi connectivity index (χ2v) is 6.43. The molecule has 1 aromatic carbocycles. The van der Waals surface area contributed by atoms with E-state index < -0.39 is 23.5 Å². The summed E-state index contributed by atoms with van der Waals surface area (Å²) in [5.41, 5.74) is -0.893. The molecular weight excluding hydrogens is 530 g/mol. The first kappa shape index (κ1) is 25.3. The predicted molar refractivity (Wildman–Crippen MR) is 112 cm³/mol. The molecule has 0 aliphatic carbocycles. The van der Waals surface area contributed by atoms with E-state index in [9.17, 15) is 22.0 Å². The van der Waals surface area contributed by atoms with Crippen molar-refractivity contribution in [1.29, 1.82) is 0 Å². The summed E-state index contributed by atoms with van der Waals surface area (Å²) >= 11 is 0.944. The molecule has 2 N–H and O–H groups in total. The zero-order chi connectivity index (χ0) is 20.6. The van der Waals surface area contributed by atoms with Gasteiger partial charge >= 0.3 is 6.18 Å². The van der Waals surface area contributed by atoms with Crippen LogP contribution in [0.4, 0.5) is 22.0 Å². The molecule has 0 radical (unpaired) electrons. The fourth-order valence-electron chi connectivity index (χ4n) is 2.07. The molecule has 0 spiro atoms. The number of rotatable bonds is 8. The van der Waals surface area contributed by atoms with Crippen LogP contribution in [0.25, 0.3) is 0 Å². The lowest BCUT2D eigenvalue weighted by Gasteiger charge is -2.12. The normalized spacial score (nSPS) is 11.7. The number of aliphatic imine (C=N–C) groups is 1. The molecule has 0 unspecified atom stereocenters. The lowest BCUT2D eigenvalue weighted by molar-refractivity contribution is -0.140. The summed E-state index contributed by atoms with van der Waals surface area (Å²) in [7, 11) is 0. The third-order valence-electron chi connectivity index (χ3n) is 3.34. The molecule has 0 bridgehead atoms. The van der Waals surface area contributed by atoms with E-state index in [1.807, 2.05) is 6.92 Å². The van der Waals surface area contributed by atoms with Crippen LogP contribution in [-0.4, -0.2) is 37.2 Å². The van der Waals surface area contributed by atoms with Crippen LogP contribution in [0, 0.1) is 11.6 Å². The van der Waals surface area contributed by atoms with Crippen LogP contribution >= 0.6 is 35.3 Å². The maximum Gasteiger partial charge on any atom is 0.434 e. The third-order valence-corrected chi connectivity index (χ3v) is 4.24. The van der Waals surface area contributed by atoms with E-state index >= 15 is 0 Å². The van der Waals surface area contributed by atoms with Crippen molar-refractivity contribution in [2.75, 3.05) is 26.2 Å². The van der Waals surface area contributed by atoms with Crippen molar-refractivity contribution < 1.29 is 26.7 Å². The Morgan fingerprint density at radius 1 is 1.21 bits per heavy atom. The third kappa shape index (κ3) is 8.68. The Labute approximate surface area is 185 Å². The van der Waals surface area contributed by atoms with Crippen LogP contribution in [0.3, 0.4) is 0 Å². The van der Waals surface area contributed by atoms with Gasteiger partial charge in [-0.15, -0.1) is 35.3 Å². The first-order valence-corrected chi connectivity index (χ1v) is 9.29. The molecule has 1 aromatic heterocycles. The summed E-state index contributed by atoms with van der Waals surface area (Å²) in [6.07, 6.45) is -4.16. The molecule has 0 saturated heterocycles. The monoisotopic (exact) mass is 550 g/mol. The van der Waals surface area contributed by atoms with Gasteiger partial charge in [-0.3, -0.25) is 4.99 Å². The lowest BCUT2D eigenvalue weighted by atomic mass is 10.3. The topological polar surface area (TPSA) is 58.5 Å². The minimum Gasteiger partial charge on any atom is -0.492 e. The van der Waals surface area contributed by atoms with Crippen molar-refractivity contribution in [2.45, 2.75) is 19.5 Å². The largest absolute Gasteiger partial charge is 0.492 e. The Morgan fingerprint density at radius 3 is 2.59 bits per heavy atom. The molecule has 2 aromatic rings. The number of alkyl halides is 3. The van der Waals surface area contributed by atoms with Gasteiger partial charge in [0.05, 0.1) is 11.6 Å². The van der Waals surface area contributed by atoms with Crippen molar-refractivity contribution in [3.63, 3.8) is 0 Å². The number of benzene rings is 1. The SMILES string of the molecule is CCNC(=NCCc1nc(C(F)(F)F)cs1)NCCOc1ccc(F)c(F)c1.I. The maximum atomic E-state index is 13.1. The molecule has 0 atom stereocenters. The average Bonchev–Trinajstić information content (AvgIpc) is 3.11. The smallest absolute Gasteiger partial charge is 0.434 e. The van der Waals surface area contributed by atoms with Crippen molar-refractivity contribution in [1.82, 2.24) is 15.6 Å². The molecule has 5 nitrogen and oxygen atoms in total.